The third-order valence-electron chi connectivity index (χ3n) is 2.48. The van der Waals surface area contributed by atoms with Crippen molar-refractivity contribution >= 4 is 21.7 Å². The van der Waals surface area contributed by atoms with Crippen LogP contribution in [0.15, 0.2) is 41.0 Å². The summed E-state index contributed by atoms with van der Waals surface area (Å²) in [6.07, 6.45) is 1.77. The van der Waals surface area contributed by atoms with Crippen LogP contribution in [0.1, 0.15) is 10.5 Å². The summed E-state index contributed by atoms with van der Waals surface area (Å²) >= 11 is 3.22. The summed E-state index contributed by atoms with van der Waals surface area (Å²) in [4.78, 5) is 11.8. The maximum atomic E-state index is 13.4. The van der Waals surface area contributed by atoms with E-state index >= 15 is 0 Å². The first-order valence-corrected chi connectivity index (χ1v) is 6.09. The number of carbonyl (C=O) groups excluding carboxylic acids is 1. The fraction of sp³-hybridized carbons (Fsp3) is 0.154. The minimum atomic E-state index is -0.488. The number of aromatic nitrogens is 1. The van der Waals surface area contributed by atoms with Crippen molar-refractivity contribution in [3.05, 3.63) is 52.5 Å². The molecule has 1 aromatic heterocycles. The maximum absolute atomic E-state index is 13.4. The first kappa shape index (κ1) is 12.8. The standard InChI is InChI=1S/C13H11BrFNO2/c1-16-6-2-3-11(16)12(17)8-18-13-7-9(14)4-5-10(13)15/h2-7H,8H2,1H3. The fourth-order valence-corrected chi connectivity index (χ4v) is 1.90. The van der Waals surface area contributed by atoms with Gasteiger partial charge in [-0.25, -0.2) is 4.39 Å². The van der Waals surface area contributed by atoms with Gasteiger partial charge in [-0.15, -0.1) is 0 Å². The lowest BCUT2D eigenvalue weighted by atomic mass is 10.3. The highest BCUT2D eigenvalue weighted by Gasteiger charge is 2.11. The number of halogens is 2. The predicted octanol–water partition coefficient (Wildman–Crippen LogP) is 3.19. The van der Waals surface area contributed by atoms with Gasteiger partial charge in [0.25, 0.3) is 0 Å². The molecule has 5 heteroatoms. The number of hydrogen-bond acceptors (Lipinski definition) is 2. The second-order valence-electron chi connectivity index (χ2n) is 3.79. The lowest BCUT2D eigenvalue weighted by molar-refractivity contribution is 0.0910. The van der Waals surface area contributed by atoms with Gasteiger partial charge >= 0.3 is 0 Å². The summed E-state index contributed by atoms with van der Waals surface area (Å²) in [6.45, 7) is -0.189. The SMILES string of the molecule is Cn1cccc1C(=O)COc1cc(Br)ccc1F. The van der Waals surface area contributed by atoms with Crippen molar-refractivity contribution in [2.24, 2.45) is 7.05 Å². The Balaban J connectivity index is 2.06. The van der Waals surface area contributed by atoms with Gasteiger partial charge in [0.05, 0.1) is 5.69 Å². The largest absolute Gasteiger partial charge is 0.482 e. The van der Waals surface area contributed by atoms with Crippen LogP contribution in [0, 0.1) is 5.82 Å². The molecule has 0 bridgehead atoms. The number of aryl methyl sites for hydroxylation is 1. The van der Waals surface area contributed by atoms with Crippen molar-refractivity contribution in [2.75, 3.05) is 6.61 Å². The molecule has 0 saturated carbocycles. The van der Waals surface area contributed by atoms with Crippen molar-refractivity contribution in [1.82, 2.24) is 4.57 Å². The Morgan fingerprint density at radius 3 is 2.89 bits per heavy atom. The highest BCUT2D eigenvalue weighted by Crippen LogP contribution is 2.22. The van der Waals surface area contributed by atoms with Crippen LogP contribution in [0.3, 0.4) is 0 Å². The summed E-state index contributed by atoms with van der Waals surface area (Å²) < 4.78 is 21.0. The van der Waals surface area contributed by atoms with Crippen LogP contribution in [0.5, 0.6) is 5.75 Å². The monoisotopic (exact) mass is 311 g/mol. The Bertz CT molecular complexity index is 580. The Kier molecular flexibility index (Phi) is 3.81. The second-order valence-corrected chi connectivity index (χ2v) is 4.71. The smallest absolute Gasteiger partial charge is 0.216 e. The fourth-order valence-electron chi connectivity index (χ4n) is 1.56. The van der Waals surface area contributed by atoms with E-state index in [1.54, 1.807) is 36.0 Å². The number of Topliss-reactive ketones (excluding diaryl/α,β-unsaturated/α-hetero) is 1. The molecule has 2 rings (SSSR count). The normalized spacial score (nSPS) is 10.4. The van der Waals surface area contributed by atoms with E-state index in [9.17, 15) is 9.18 Å². The van der Waals surface area contributed by atoms with E-state index in [2.05, 4.69) is 15.9 Å². The molecule has 0 aliphatic carbocycles. The first-order valence-electron chi connectivity index (χ1n) is 5.30. The predicted molar refractivity (Wildman–Crippen MR) is 69.3 cm³/mol. The minimum absolute atomic E-state index is 0.0620. The quantitative estimate of drug-likeness (QED) is 0.812. The zero-order chi connectivity index (χ0) is 13.1. The van der Waals surface area contributed by atoms with Gasteiger partial charge in [0.1, 0.15) is 0 Å². The molecule has 0 atom stereocenters. The van der Waals surface area contributed by atoms with Crippen molar-refractivity contribution < 1.29 is 13.9 Å². The topological polar surface area (TPSA) is 31.2 Å². The van der Waals surface area contributed by atoms with Crippen LogP contribution in [-0.2, 0) is 7.05 Å². The summed E-state index contributed by atoms with van der Waals surface area (Å²) in [5.41, 5.74) is 0.533. The molecule has 18 heavy (non-hydrogen) atoms. The number of nitrogens with zero attached hydrogens (tertiary/aromatic N) is 1. The van der Waals surface area contributed by atoms with Crippen molar-refractivity contribution in [3.8, 4) is 5.75 Å². The van der Waals surface area contributed by atoms with Crippen LogP contribution in [0.4, 0.5) is 4.39 Å². The number of rotatable bonds is 4. The van der Waals surface area contributed by atoms with E-state index in [1.807, 2.05) is 0 Å². The molecule has 3 nitrogen and oxygen atoms in total. The summed E-state index contributed by atoms with van der Waals surface area (Å²) in [5.74, 6) is -0.619. The molecular formula is C13H11BrFNO2. The van der Waals surface area contributed by atoms with Gasteiger partial charge < -0.3 is 9.30 Å². The first-order chi connectivity index (χ1) is 8.58. The average molecular weight is 312 g/mol. The number of carbonyl (C=O) groups is 1. The molecule has 0 unspecified atom stereocenters. The third-order valence-corrected chi connectivity index (χ3v) is 2.97. The van der Waals surface area contributed by atoms with E-state index in [4.69, 9.17) is 4.74 Å². The van der Waals surface area contributed by atoms with Crippen molar-refractivity contribution in [1.29, 1.82) is 0 Å². The Morgan fingerprint density at radius 1 is 1.44 bits per heavy atom. The van der Waals surface area contributed by atoms with E-state index in [-0.39, 0.29) is 18.1 Å². The molecule has 1 heterocycles. The van der Waals surface area contributed by atoms with Gasteiger partial charge in [-0.05, 0) is 30.3 Å². The molecule has 1 aromatic carbocycles. The van der Waals surface area contributed by atoms with Gasteiger partial charge in [0.2, 0.25) is 5.78 Å². The zero-order valence-electron chi connectivity index (χ0n) is 9.69. The molecule has 0 N–H and O–H groups in total. The minimum Gasteiger partial charge on any atom is -0.482 e. The Morgan fingerprint density at radius 2 is 2.22 bits per heavy atom. The molecule has 0 spiro atoms. The lowest BCUT2D eigenvalue weighted by Gasteiger charge is -2.07. The van der Waals surface area contributed by atoms with Crippen LogP contribution in [0.2, 0.25) is 0 Å². The van der Waals surface area contributed by atoms with Gasteiger partial charge in [-0.1, -0.05) is 15.9 Å². The molecular weight excluding hydrogens is 301 g/mol. The molecule has 0 fully saturated rings. The maximum Gasteiger partial charge on any atom is 0.216 e. The van der Waals surface area contributed by atoms with Gasteiger partial charge in [-0.2, -0.15) is 0 Å². The second kappa shape index (κ2) is 5.35. The molecule has 94 valence electrons. The number of ketones is 1. The number of hydrogen-bond donors (Lipinski definition) is 0. The molecule has 0 saturated heterocycles. The van der Waals surface area contributed by atoms with Crippen LogP contribution in [-0.4, -0.2) is 17.0 Å². The summed E-state index contributed by atoms with van der Waals surface area (Å²) in [7, 11) is 1.77. The van der Waals surface area contributed by atoms with Gasteiger partial charge in [-0.3, -0.25) is 4.79 Å². The Hall–Kier alpha value is -1.62. The van der Waals surface area contributed by atoms with Crippen LogP contribution in [0.25, 0.3) is 0 Å². The van der Waals surface area contributed by atoms with E-state index < -0.39 is 5.82 Å². The van der Waals surface area contributed by atoms with Crippen LogP contribution < -0.4 is 4.74 Å². The van der Waals surface area contributed by atoms with Crippen molar-refractivity contribution in [3.63, 3.8) is 0 Å². The number of benzene rings is 1. The van der Waals surface area contributed by atoms with Gasteiger partial charge in [0, 0.05) is 17.7 Å². The molecule has 0 amide bonds. The van der Waals surface area contributed by atoms with Gasteiger partial charge in [0.15, 0.2) is 18.2 Å². The molecule has 0 aliphatic rings. The van der Waals surface area contributed by atoms with E-state index in [1.165, 1.54) is 12.1 Å². The van der Waals surface area contributed by atoms with Crippen LogP contribution >= 0.6 is 15.9 Å². The highest BCUT2D eigenvalue weighted by molar-refractivity contribution is 9.10. The van der Waals surface area contributed by atoms with E-state index in [0.29, 0.717) is 10.2 Å². The lowest BCUT2D eigenvalue weighted by Crippen LogP contribution is -2.15. The third kappa shape index (κ3) is 2.79. The highest BCUT2D eigenvalue weighted by atomic mass is 79.9. The summed E-state index contributed by atoms with van der Waals surface area (Å²) in [5, 5.41) is 0. The molecule has 0 aliphatic heterocycles. The number of ether oxygens (including phenoxy) is 1. The zero-order valence-corrected chi connectivity index (χ0v) is 11.3. The Labute approximate surface area is 112 Å². The van der Waals surface area contributed by atoms with Crippen molar-refractivity contribution in [2.45, 2.75) is 0 Å². The molecule has 0 radical (unpaired) electrons. The van der Waals surface area contributed by atoms with E-state index in [0.717, 1.165) is 0 Å². The average Bonchev–Trinajstić information content (AvgIpc) is 2.76. The summed E-state index contributed by atoms with van der Waals surface area (Å²) in [6, 6.07) is 7.82. The molecule has 2 aromatic rings.